The molecule has 0 fully saturated rings. The lowest BCUT2D eigenvalue weighted by molar-refractivity contribution is 0.214. The van der Waals surface area contributed by atoms with Crippen molar-refractivity contribution in [2.75, 3.05) is 7.11 Å². The predicted octanol–water partition coefficient (Wildman–Crippen LogP) is 7.09. The minimum absolute atomic E-state index is 0.119. The van der Waals surface area contributed by atoms with E-state index < -0.39 is 0 Å². The molecule has 188 valence electrons. The summed E-state index contributed by atoms with van der Waals surface area (Å²) in [6.45, 7) is 4.15. The molecule has 0 saturated heterocycles. The number of furan rings is 1. The van der Waals surface area contributed by atoms with Crippen LogP contribution in [0.5, 0.6) is 11.5 Å². The topological polar surface area (TPSA) is 78.8 Å². The normalized spacial score (nSPS) is 12.5. The maximum atomic E-state index is 13.5. The molecule has 0 spiro atoms. The van der Waals surface area contributed by atoms with Gasteiger partial charge in [-0.3, -0.25) is 4.79 Å². The van der Waals surface area contributed by atoms with E-state index in [-0.39, 0.29) is 11.7 Å². The Balaban J connectivity index is 1.64. The molecule has 2 aromatic heterocycles. The number of methoxy groups -OCH3 is 1. The largest absolute Gasteiger partial charge is 0.496 e. The number of para-hydroxylation sites is 1. The second kappa shape index (κ2) is 10.8. The van der Waals surface area contributed by atoms with Crippen molar-refractivity contribution in [1.29, 1.82) is 0 Å². The van der Waals surface area contributed by atoms with Crippen LogP contribution in [-0.2, 0) is 0 Å². The third kappa shape index (κ3) is 5.11. The maximum Gasteiger partial charge on any atom is 0.282 e. The van der Waals surface area contributed by atoms with Crippen molar-refractivity contribution in [3.63, 3.8) is 0 Å². The average molecular weight is 719 g/mol. The monoisotopic (exact) mass is 719 g/mol. The second-order valence-electron chi connectivity index (χ2n) is 8.45. The lowest BCUT2D eigenvalue weighted by Crippen LogP contribution is -2.20. The number of aromatic nitrogens is 2. The fourth-order valence-corrected chi connectivity index (χ4v) is 5.96. The molecule has 0 unspecified atom stereocenters. The summed E-state index contributed by atoms with van der Waals surface area (Å²) in [4.78, 5) is 18.3. The maximum absolute atomic E-state index is 13.5. The zero-order valence-corrected chi connectivity index (χ0v) is 24.7. The highest BCUT2D eigenvalue weighted by molar-refractivity contribution is 14.1. The van der Waals surface area contributed by atoms with E-state index in [0.717, 1.165) is 30.3 Å². The highest BCUT2D eigenvalue weighted by atomic mass is 127. The van der Waals surface area contributed by atoms with E-state index in [9.17, 15) is 4.79 Å². The van der Waals surface area contributed by atoms with Crippen LogP contribution in [0, 0.1) is 7.14 Å². The van der Waals surface area contributed by atoms with Gasteiger partial charge >= 0.3 is 0 Å². The second-order valence-corrected chi connectivity index (χ2v) is 10.8. The van der Waals surface area contributed by atoms with Crippen molar-refractivity contribution >= 4 is 73.3 Å². The Morgan fingerprint density at radius 2 is 1.84 bits per heavy atom. The number of hydrogen-bond donors (Lipinski definition) is 0. The van der Waals surface area contributed by atoms with Crippen LogP contribution in [0.1, 0.15) is 25.8 Å². The summed E-state index contributed by atoms with van der Waals surface area (Å²) in [6.07, 6.45) is 2.69. The predicted molar refractivity (Wildman–Crippen MR) is 163 cm³/mol. The van der Waals surface area contributed by atoms with E-state index in [2.05, 4.69) is 64.1 Å². The van der Waals surface area contributed by atoms with Crippen molar-refractivity contribution in [3.05, 3.63) is 83.7 Å². The summed E-state index contributed by atoms with van der Waals surface area (Å²) in [5, 5.41) is 5.84. The van der Waals surface area contributed by atoms with Gasteiger partial charge in [-0.25, -0.2) is 4.98 Å². The average Bonchev–Trinajstić information content (AvgIpc) is 3.34. The highest BCUT2D eigenvalue weighted by Gasteiger charge is 2.18. The van der Waals surface area contributed by atoms with Crippen molar-refractivity contribution in [2.24, 2.45) is 5.10 Å². The molecule has 9 heteroatoms. The van der Waals surface area contributed by atoms with Gasteiger partial charge in [0.1, 0.15) is 17.1 Å². The van der Waals surface area contributed by atoms with Crippen LogP contribution in [0.25, 0.3) is 33.5 Å². The van der Waals surface area contributed by atoms with Gasteiger partial charge in [0, 0.05) is 0 Å². The SMILES string of the molecule is CC[C@H](C)Oc1c(I)cc(C=Nn2c(-c3cc4c(OC)cccc4o3)nc3ccccc3c2=O)cc1I. The van der Waals surface area contributed by atoms with Crippen LogP contribution in [0.15, 0.2) is 75.0 Å². The van der Waals surface area contributed by atoms with E-state index >= 15 is 0 Å². The van der Waals surface area contributed by atoms with Crippen LogP contribution >= 0.6 is 45.2 Å². The molecular weight excluding hydrogens is 696 g/mol. The van der Waals surface area contributed by atoms with Crippen LogP contribution < -0.4 is 15.0 Å². The zero-order valence-electron chi connectivity index (χ0n) is 20.4. The van der Waals surface area contributed by atoms with Gasteiger partial charge in [-0.15, -0.1) is 0 Å². The molecule has 0 aliphatic rings. The molecule has 0 saturated carbocycles. The standard InChI is InChI=1S/C28H23I2N3O4/c1-4-16(2)36-26-20(29)12-17(13-21(26)30)15-31-33-27(32-22-9-6-5-8-18(22)28(33)34)25-14-19-23(35-3)10-7-11-24(19)37-25/h5-16H,4H2,1-3H3/t16-/m0/s1. The molecule has 0 aliphatic heterocycles. The summed E-state index contributed by atoms with van der Waals surface area (Å²) < 4.78 is 20.9. The van der Waals surface area contributed by atoms with Gasteiger partial charge in [-0.05, 0) is 107 Å². The van der Waals surface area contributed by atoms with Gasteiger partial charge in [0.25, 0.3) is 5.56 Å². The molecule has 7 nitrogen and oxygen atoms in total. The Labute approximate surface area is 240 Å². The lowest BCUT2D eigenvalue weighted by atomic mass is 10.2. The Hall–Kier alpha value is -2.93. The van der Waals surface area contributed by atoms with Gasteiger partial charge < -0.3 is 13.9 Å². The van der Waals surface area contributed by atoms with Crippen molar-refractivity contribution in [2.45, 2.75) is 26.4 Å². The van der Waals surface area contributed by atoms with Crippen molar-refractivity contribution in [1.82, 2.24) is 9.66 Å². The first-order valence-electron chi connectivity index (χ1n) is 11.7. The third-order valence-electron chi connectivity index (χ3n) is 5.95. The number of fused-ring (bicyclic) bond motifs is 2. The Bertz CT molecular complexity index is 1680. The molecular formula is C28H23I2N3O4. The van der Waals surface area contributed by atoms with Crippen LogP contribution in [-0.4, -0.2) is 29.1 Å². The number of nitrogens with zero attached hydrogens (tertiary/aromatic N) is 3. The third-order valence-corrected chi connectivity index (χ3v) is 7.55. The van der Waals surface area contributed by atoms with Crippen molar-refractivity contribution < 1.29 is 13.9 Å². The van der Waals surface area contributed by atoms with Gasteiger partial charge in [-0.1, -0.05) is 25.1 Å². The molecule has 2 heterocycles. The number of rotatable bonds is 7. The minimum atomic E-state index is -0.287. The first kappa shape index (κ1) is 25.7. The van der Waals surface area contributed by atoms with E-state index in [1.807, 2.05) is 48.5 Å². The van der Waals surface area contributed by atoms with Gasteiger partial charge in [-0.2, -0.15) is 9.78 Å². The minimum Gasteiger partial charge on any atom is -0.496 e. The van der Waals surface area contributed by atoms with E-state index in [4.69, 9.17) is 18.9 Å². The fourth-order valence-electron chi connectivity index (χ4n) is 3.89. The quantitative estimate of drug-likeness (QED) is 0.133. The summed E-state index contributed by atoms with van der Waals surface area (Å²) in [6, 6.07) is 18.6. The van der Waals surface area contributed by atoms with Gasteiger partial charge in [0.2, 0.25) is 5.82 Å². The lowest BCUT2D eigenvalue weighted by Gasteiger charge is -2.16. The summed E-state index contributed by atoms with van der Waals surface area (Å²) in [5.74, 6) is 2.25. The van der Waals surface area contributed by atoms with E-state index in [1.165, 1.54) is 4.68 Å². The Morgan fingerprint density at radius 1 is 1.08 bits per heavy atom. The molecule has 0 radical (unpaired) electrons. The Kier molecular flexibility index (Phi) is 7.52. The number of halogens is 2. The van der Waals surface area contributed by atoms with Crippen LogP contribution in [0.3, 0.4) is 0 Å². The molecule has 5 aromatic rings. The Morgan fingerprint density at radius 3 is 2.57 bits per heavy atom. The van der Waals surface area contributed by atoms with Crippen LogP contribution in [0.2, 0.25) is 0 Å². The van der Waals surface area contributed by atoms with Crippen molar-refractivity contribution in [3.8, 4) is 23.1 Å². The molecule has 0 aliphatic carbocycles. The number of hydrogen-bond acceptors (Lipinski definition) is 6. The van der Waals surface area contributed by atoms with E-state index in [0.29, 0.717) is 33.8 Å². The molecule has 37 heavy (non-hydrogen) atoms. The summed E-state index contributed by atoms with van der Waals surface area (Å²) in [5.41, 5.74) is 1.75. The summed E-state index contributed by atoms with van der Waals surface area (Å²) in [7, 11) is 1.61. The first-order valence-corrected chi connectivity index (χ1v) is 13.8. The van der Waals surface area contributed by atoms with Crippen LogP contribution in [0.4, 0.5) is 0 Å². The molecule has 1 atom stereocenters. The molecule has 3 aromatic carbocycles. The molecule has 0 amide bonds. The number of benzene rings is 3. The van der Waals surface area contributed by atoms with E-state index in [1.54, 1.807) is 25.5 Å². The smallest absolute Gasteiger partial charge is 0.282 e. The highest BCUT2D eigenvalue weighted by Crippen LogP contribution is 2.33. The van der Waals surface area contributed by atoms with Gasteiger partial charge in [0.05, 0.1) is 42.9 Å². The fraction of sp³-hybridized carbons (Fsp3) is 0.179. The van der Waals surface area contributed by atoms with Gasteiger partial charge in [0.15, 0.2) is 5.76 Å². The first-order chi connectivity index (χ1) is 17.9. The molecule has 0 bridgehead atoms. The zero-order chi connectivity index (χ0) is 26.1. The molecule has 0 N–H and O–H groups in total. The molecule has 5 rings (SSSR count). The summed E-state index contributed by atoms with van der Waals surface area (Å²) >= 11 is 4.53. The number of ether oxygens (including phenoxy) is 2.